The molecule has 11 nitrogen and oxygen atoms in total. The minimum absolute atomic E-state index is 0.00957. The molecule has 1 spiro atoms. The second kappa shape index (κ2) is 11.5. The third kappa shape index (κ3) is 5.49. The number of aryl methyl sites for hydroxylation is 1. The summed E-state index contributed by atoms with van der Waals surface area (Å²) in [6.45, 7) is 6.44. The molecule has 3 N–H and O–H groups in total. The summed E-state index contributed by atoms with van der Waals surface area (Å²) >= 11 is 0. The van der Waals surface area contributed by atoms with Crippen LogP contribution in [0.1, 0.15) is 86.1 Å². The van der Waals surface area contributed by atoms with Gasteiger partial charge in [0.25, 0.3) is 5.91 Å². The number of rotatable bonds is 6. The van der Waals surface area contributed by atoms with Crippen LogP contribution in [0.2, 0.25) is 0 Å². The highest BCUT2D eigenvalue weighted by Gasteiger charge is 2.48. The minimum atomic E-state index is -0.722. The summed E-state index contributed by atoms with van der Waals surface area (Å²) in [6.07, 6.45) is 8.23. The molecule has 0 radical (unpaired) electrons. The van der Waals surface area contributed by atoms with Crippen LogP contribution >= 0.6 is 0 Å². The largest absolute Gasteiger partial charge is 0.381 e. The van der Waals surface area contributed by atoms with Gasteiger partial charge in [0.15, 0.2) is 0 Å². The Morgan fingerprint density at radius 3 is 2.49 bits per heavy atom. The van der Waals surface area contributed by atoms with Gasteiger partial charge in [0, 0.05) is 44.3 Å². The van der Waals surface area contributed by atoms with Gasteiger partial charge in [-0.3, -0.25) is 19.1 Å². The molecule has 3 aliphatic heterocycles. The Hall–Kier alpha value is -3.31. The van der Waals surface area contributed by atoms with Crippen LogP contribution in [-0.4, -0.2) is 65.0 Å². The van der Waals surface area contributed by atoms with Crippen LogP contribution in [0.3, 0.4) is 0 Å². The van der Waals surface area contributed by atoms with E-state index in [0.29, 0.717) is 62.4 Å². The zero-order valence-electron chi connectivity index (χ0n) is 23.9. The normalized spacial score (nSPS) is 24.9. The number of pyridine rings is 1. The number of amides is 3. The molecule has 220 valence electrons. The van der Waals surface area contributed by atoms with Gasteiger partial charge in [-0.15, -0.1) is 0 Å². The summed E-state index contributed by atoms with van der Waals surface area (Å²) < 4.78 is 12.8. The number of carbonyl (C=O) groups excluding carboxylic acids is 3. The van der Waals surface area contributed by atoms with E-state index < -0.39 is 11.5 Å². The Morgan fingerprint density at radius 2 is 1.76 bits per heavy atom. The molecular weight excluding hydrogens is 524 g/mol. The second-order valence-electron chi connectivity index (χ2n) is 12.2. The van der Waals surface area contributed by atoms with E-state index in [2.05, 4.69) is 33.0 Å². The fourth-order valence-electron chi connectivity index (χ4n) is 6.92. The molecule has 4 aliphatic rings. The Labute approximate surface area is 240 Å². The first-order valence-corrected chi connectivity index (χ1v) is 15.0. The maximum absolute atomic E-state index is 13.8. The predicted octanol–water partition coefficient (Wildman–Crippen LogP) is 3.50. The number of ether oxygens (including phenoxy) is 2. The van der Waals surface area contributed by atoms with Crippen molar-refractivity contribution in [2.45, 2.75) is 82.7 Å². The van der Waals surface area contributed by atoms with E-state index in [4.69, 9.17) is 9.47 Å². The predicted molar refractivity (Wildman–Crippen MR) is 152 cm³/mol. The number of anilines is 2. The number of hydrogen-bond donors (Lipinski definition) is 3. The average molecular weight is 565 g/mol. The van der Waals surface area contributed by atoms with Crippen molar-refractivity contribution in [3.05, 3.63) is 35.3 Å². The number of aromatic nitrogens is 3. The summed E-state index contributed by atoms with van der Waals surface area (Å²) in [5.74, 6) is 0.317. The van der Waals surface area contributed by atoms with Gasteiger partial charge in [-0.05, 0) is 63.4 Å². The minimum Gasteiger partial charge on any atom is -0.381 e. The Morgan fingerprint density at radius 1 is 1.05 bits per heavy atom. The van der Waals surface area contributed by atoms with Gasteiger partial charge in [0.05, 0.1) is 22.8 Å². The zero-order valence-corrected chi connectivity index (χ0v) is 23.9. The highest BCUT2D eigenvalue weighted by molar-refractivity contribution is 6.07. The topological polar surface area (TPSA) is 136 Å². The van der Waals surface area contributed by atoms with E-state index in [1.807, 2.05) is 11.6 Å². The lowest BCUT2D eigenvalue weighted by molar-refractivity contribution is -0.124. The summed E-state index contributed by atoms with van der Waals surface area (Å²) in [7, 11) is 0. The monoisotopic (exact) mass is 564 g/mol. The average Bonchev–Trinajstić information content (AvgIpc) is 3.50. The lowest BCUT2D eigenvalue weighted by Gasteiger charge is -2.32. The van der Waals surface area contributed by atoms with Crippen LogP contribution in [-0.2, 0) is 24.5 Å². The van der Waals surface area contributed by atoms with Gasteiger partial charge in [0.1, 0.15) is 17.6 Å². The molecule has 3 fully saturated rings. The van der Waals surface area contributed by atoms with E-state index in [1.165, 1.54) is 0 Å². The zero-order chi connectivity index (χ0) is 28.6. The number of nitrogens with one attached hydrogen (secondary N) is 3. The molecule has 1 atom stereocenters. The number of hydrogen-bond acceptors (Lipinski definition) is 7. The number of nitrogens with zero attached hydrogens (tertiary/aromatic N) is 3. The molecule has 5 heterocycles. The number of fused-ring (bicyclic) bond motifs is 2. The van der Waals surface area contributed by atoms with Crippen LogP contribution in [0.25, 0.3) is 0 Å². The highest BCUT2D eigenvalue weighted by Crippen LogP contribution is 2.44. The maximum atomic E-state index is 13.8. The molecule has 0 bridgehead atoms. The summed E-state index contributed by atoms with van der Waals surface area (Å²) in [4.78, 5) is 45.0. The number of carbonyl (C=O) groups is 3. The van der Waals surface area contributed by atoms with Gasteiger partial charge in [-0.25, -0.2) is 4.98 Å². The molecular formula is C30H40N6O5. The molecule has 1 saturated carbocycles. The molecule has 2 aromatic rings. The van der Waals surface area contributed by atoms with Crippen LogP contribution in [0.5, 0.6) is 0 Å². The van der Waals surface area contributed by atoms with Crippen molar-refractivity contribution < 1.29 is 23.9 Å². The lowest BCUT2D eigenvalue weighted by Crippen LogP contribution is -2.50. The van der Waals surface area contributed by atoms with E-state index >= 15 is 0 Å². The molecule has 41 heavy (non-hydrogen) atoms. The summed E-state index contributed by atoms with van der Waals surface area (Å²) in [5, 5.41) is 13.6. The van der Waals surface area contributed by atoms with Crippen LogP contribution in [0.15, 0.2) is 18.3 Å². The van der Waals surface area contributed by atoms with Crippen molar-refractivity contribution in [2.75, 3.05) is 37.1 Å². The van der Waals surface area contributed by atoms with Crippen molar-refractivity contribution in [3.8, 4) is 0 Å². The maximum Gasteiger partial charge on any atom is 0.270 e. The highest BCUT2D eigenvalue weighted by atomic mass is 16.5. The molecule has 11 heteroatoms. The first-order chi connectivity index (χ1) is 19.8. The third-order valence-corrected chi connectivity index (χ3v) is 9.43. The Balaban J connectivity index is 1.22. The molecule has 2 aromatic heterocycles. The van der Waals surface area contributed by atoms with Crippen molar-refractivity contribution in [1.29, 1.82) is 0 Å². The SMILES string of the molecule is Cc1cc(C(=O)NC(C(=O)Nc2cc3c(cn2)C2(CCOCC2)C(=O)N3)C2CCC(C)CC2)n(C2CCOCC2)n1. The van der Waals surface area contributed by atoms with Crippen molar-refractivity contribution in [2.24, 2.45) is 11.8 Å². The lowest BCUT2D eigenvalue weighted by atomic mass is 9.76. The molecule has 0 aromatic carbocycles. The molecule has 6 rings (SSSR count). The van der Waals surface area contributed by atoms with Crippen LogP contribution in [0, 0.1) is 18.8 Å². The fraction of sp³-hybridized carbons (Fsp3) is 0.633. The van der Waals surface area contributed by atoms with Crippen molar-refractivity contribution in [1.82, 2.24) is 20.1 Å². The van der Waals surface area contributed by atoms with Crippen LogP contribution < -0.4 is 16.0 Å². The van der Waals surface area contributed by atoms with Gasteiger partial charge in [-0.2, -0.15) is 5.10 Å². The second-order valence-corrected chi connectivity index (χ2v) is 12.2. The van der Waals surface area contributed by atoms with Gasteiger partial charge in [-0.1, -0.05) is 19.8 Å². The first-order valence-electron chi connectivity index (χ1n) is 15.0. The molecule has 3 amide bonds. The quantitative estimate of drug-likeness (QED) is 0.489. The van der Waals surface area contributed by atoms with E-state index in [9.17, 15) is 14.4 Å². The fourth-order valence-corrected chi connectivity index (χ4v) is 6.92. The molecule has 2 saturated heterocycles. The third-order valence-electron chi connectivity index (χ3n) is 9.43. The van der Waals surface area contributed by atoms with Crippen LogP contribution in [0.4, 0.5) is 11.5 Å². The van der Waals surface area contributed by atoms with E-state index in [-0.39, 0.29) is 29.7 Å². The molecule has 1 unspecified atom stereocenters. The standard InChI is InChI=1S/C30H40N6O5/c1-18-3-5-20(6-4-18)26(34-27(37)24-15-19(2)35-36(24)21-7-11-40-12-8-21)28(38)33-25-16-23-22(17-31-25)30(29(39)32-23)9-13-41-14-10-30/h15-18,20-21,26H,3-14H2,1-2H3,(H,32,39)(H,34,37)(H,31,33,38). The van der Waals surface area contributed by atoms with Gasteiger partial charge >= 0.3 is 0 Å². The van der Waals surface area contributed by atoms with Gasteiger partial charge < -0.3 is 25.4 Å². The van der Waals surface area contributed by atoms with Crippen molar-refractivity contribution >= 4 is 29.2 Å². The Kier molecular flexibility index (Phi) is 7.82. The van der Waals surface area contributed by atoms with Crippen molar-refractivity contribution in [3.63, 3.8) is 0 Å². The van der Waals surface area contributed by atoms with Gasteiger partial charge in [0.2, 0.25) is 11.8 Å². The first kappa shape index (κ1) is 27.8. The van der Waals surface area contributed by atoms with E-state index in [0.717, 1.165) is 49.8 Å². The smallest absolute Gasteiger partial charge is 0.270 e. The van der Waals surface area contributed by atoms with E-state index in [1.54, 1.807) is 18.3 Å². The Bertz CT molecular complexity index is 1300. The summed E-state index contributed by atoms with van der Waals surface area (Å²) in [5.41, 5.74) is 2.14. The summed E-state index contributed by atoms with van der Waals surface area (Å²) in [6, 6.07) is 2.88. The molecule has 1 aliphatic carbocycles.